The van der Waals surface area contributed by atoms with E-state index < -0.39 is 0 Å². The van der Waals surface area contributed by atoms with Crippen molar-refractivity contribution in [3.63, 3.8) is 0 Å². The number of benzene rings is 2. The van der Waals surface area contributed by atoms with E-state index in [-0.39, 0.29) is 0 Å². The van der Waals surface area contributed by atoms with Crippen molar-refractivity contribution in [2.45, 2.75) is 0 Å². The minimum atomic E-state index is 1.25. The molecule has 1 heterocycles. The molecule has 0 unspecified atom stereocenters. The molecule has 1 aliphatic rings. The first-order valence-electron chi connectivity index (χ1n) is 5.44. The SMILES string of the molecule is BN1c2ccccc2N(C)c2ccccc21. The van der Waals surface area contributed by atoms with Gasteiger partial charge in [0.1, 0.15) is 0 Å². The highest BCUT2D eigenvalue weighted by atomic mass is 15.2. The van der Waals surface area contributed by atoms with Crippen molar-refractivity contribution in [2.75, 3.05) is 16.8 Å². The van der Waals surface area contributed by atoms with Gasteiger partial charge in [0.05, 0.1) is 22.7 Å². The van der Waals surface area contributed by atoms with Gasteiger partial charge in [-0.25, -0.2) is 0 Å². The molecule has 0 saturated heterocycles. The Hall–Kier alpha value is -1.90. The molecule has 0 radical (unpaired) electrons. The zero-order valence-electron chi connectivity index (χ0n) is 9.51. The molecule has 3 rings (SSSR count). The van der Waals surface area contributed by atoms with Crippen LogP contribution in [0.5, 0.6) is 0 Å². The van der Waals surface area contributed by atoms with Gasteiger partial charge in [0.2, 0.25) is 7.98 Å². The normalized spacial score (nSPS) is 13.3. The molecule has 2 aromatic rings. The minimum Gasteiger partial charge on any atom is -0.390 e. The van der Waals surface area contributed by atoms with Gasteiger partial charge in [-0.05, 0) is 24.3 Å². The summed E-state index contributed by atoms with van der Waals surface area (Å²) in [5, 5.41) is 0. The average molecular weight is 208 g/mol. The summed E-state index contributed by atoms with van der Waals surface area (Å²) in [6, 6.07) is 16.9. The second-order valence-corrected chi connectivity index (χ2v) is 4.10. The summed E-state index contributed by atoms with van der Waals surface area (Å²) in [6.07, 6.45) is 0. The molecule has 1 aliphatic heterocycles. The number of anilines is 4. The van der Waals surface area contributed by atoms with E-state index >= 15 is 0 Å². The zero-order chi connectivity index (χ0) is 11.1. The van der Waals surface area contributed by atoms with E-state index in [0.29, 0.717) is 0 Å². The fourth-order valence-electron chi connectivity index (χ4n) is 2.32. The Kier molecular flexibility index (Phi) is 1.93. The Labute approximate surface area is 96.5 Å². The van der Waals surface area contributed by atoms with Gasteiger partial charge in [-0.2, -0.15) is 0 Å². The van der Waals surface area contributed by atoms with E-state index in [1.165, 1.54) is 22.7 Å². The van der Waals surface area contributed by atoms with Crippen molar-refractivity contribution in [3.05, 3.63) is 48.5 Å². The van der Waals surface area contributed by atoms with Crippen LogP contribution in [0.4, 0.5) is 22.7 Å². The van der Waals surface area contributed by atoms with Crippen LogP contribution in [0.1, 0.15) is 0 Å². The number of hydrogen-bond acceptors (Lipinski definition) is 2. The van der Waals surface area contributed by atoms with Gasteiger partial charge in [0.15, 0.2) is 0 Å². The molecule has 0 fully saturated rings. The maximum absolute atomic E-state index is 2.24. The lowest BCUT2D eigenvalue weighted by Gasteiger charge is -2.36. The molecule has 0 N–H and O–H groups in total. The largest absolute Gasteiger partial charge is 0.390 e. The van der Waals surface area contributed by atoms with Gasteiger partial charge < -0.3 is 9.71 Å². The van der Waals surface area contributed by atoms with Gasteiger partial charge >= 0.3 is 0 Å². The summed E-state index contributed by atoms with van der Waals surface area (Å²) < 4.78 is 0. The lowest BCUT2D eigenvalue weighted by atomic mass is 10.0. The van der Waals surface area contributed by atoms with E-state index in [1.807, 2.05) is 0 Å². The smallest absolute Gasteiger partial charge is 0.223 e. The monoisotopic (exact) mass is 208 g/mol. The van der Waals surface area contributed by atoms with Crippen molar-refractivity contribution < 1.29 is 0 Å². The highest BCUT2D eigenvalue weighted by Crippen LogP contribution is 2.45. The molecule has 0 aliphatic carbocycles. The number of para-hydroxylation sites is 4. The number of rotatable bonds is 0. The molecule has 0 atom stereocenters. The third-order valence-corrected chi connectivity index (χ3v) is 3.21. The van der Waals surface area contributed by atoms with Gasteiger partial charge in [-0.3, -0.25) is 0 Å². The predicted molar refractivity (Wildman–Crippen MR) is 71.6 cm³/mol. The molecule has 0 spiro atoms. The van der Waals surface area contributed by atoms with Crippen LogP contribution in [-0.4, -0.2) is 15.0 Å². The Balaban J connectivity index is 2.26. The molecule has 16 heavy (non-hydrogen) atoms. The third kappa shape index (κ3) is 1.15. The second-order valence-electron chi connectivity index (χ2n) is 4.10. The maximum atomic E-state index is 2.24. The van der Waals surface area contributed by atoms with Crippen molar-refractivity contribution in [1.29, 1.82) is 0 Å². The molecule has 78 valence electrons. The van der Waals surface area contributed by atoms with Crippen LogP contribution in [0.15, 0.2) is 48.5 Å². The lowest BCUT2D eigenvalue weighted by Crippen LogP contribution is -2.24. The van der Waals surface area contributed by atoms with Gasteiger partial charge in [0.25, 0.3) is 0 Å². The summed E-state index contributed by atoms with van der Waals surface area (Å²) in [5.74, 6) is 0. The second kappa shape index (κ2) is 3.30. The fraction of sp³-hybridized carbons (Fsp3) is 0.0769. The van der Waals surface area contributed by atoms with E-state index in [9.17, 15) is 0 Å². The highest BCUT2D eigenvalue weighted by Gasteiger charge is 2.21. The number of nitrogens with zero attached hydrogens (tertiary/aromatic N) is 2. The third-order valence-electron chi connectivity index (χ3n) is 3.21. The van der Waals surface area contributed by atoms with Crippen molar-refractivity contribution in [3.8, 4) is 0 Å². The molecule has 0 aromatic heterocycles. The van der Waals surface area contributed by atoms with Gasteiger partial charge in [-0.15, -0.1) is 0 Å². The molecule has 0 saturated carbocycles. The van der Waals surface area contributed by atoms with Crippen LogP contribution in [0, 0.1) is 0 Å². The molecule has 2 aromatic carbocycles. The van der Waals surface area contributed by atoms with Crippen molar-refractivity contribution in [1.82, 2.24) is 0 Å². The molecular formula is C13H13BN2. The zero-order valence-corrected chi connectivity index (χ0v) is 9.51. The molecule has 0 amide bonds. The Morgan fingerprint density at radius 3 is 1.56 bits per heavy atom. The predicted octanol–water partition coefficient (Wildman–Crippen LogP) is 2.45. The summed E-state index contributed by atoms with van der Waals surface area (Å²) in [7, 11) is 4.23. The summed E-state index contributed by atoms with van der Waals surface area (Å²) in [5.41, 5.74) is 5.01. The molecule has 2 nitrogen and oxygen atoms in total. The number of fused-ring (bicyclic) bond motifs is 2. The summed E-state index contributed by atoms with van der Waals surface area (Å²) in [6.45, 7) is 0. The van der Waals surface area contributed by atoms with Gasteiger partial charge in [0, 0.05) is 7.05 Å². The van der Waals surface area contributed by atoms with E-state index in [0.717, 1.165) is 0 Å². The van der Waals surface area contributed by atoms with E-state index in [2.05, 4.69) is 73.3 Å². The first-order valence-corrected chi connectivity index (χ1v) is 5.44. The first-order chi connectivity index (χ1) is 7.79. The average Bonchev–Trinajstić information content (AvgIpc) is 2.36. The minimum absolute atomic E-state index is 1.25. The number of hydrogen-bond donors (Lipinski definition) is 0. The Bertz CT molecular complexity index is 443. The topological polar surface area (TPSA) is 6.48 Å². The van der Waals surface area contributed by atoms with E-state index in [4.69, 9.17) is 0 Å². The Morgan fingerprint density at radius 2 is 1.12 bits per heavy atom. The summed E-state index contributed by atoms with van der Waals surface area (Å²) >= 11 is 0. The Morgan fingerprint density at radius 1 is 0.750 bits per heavy atom. The first kappa shape index (κ1) is 9.34. The van der Waals surface area contributed by atoms with Crippen LogP contribution in [0.25, 0.3) is 0 Å². The molecule has 0 bridgehead atoms. The van der Waals surface area contributed by atoms with Crippen LogP contribution in [0.2, 0.25) is 0 Å². The van der Waals surface area contributed by atoms with Crippen LogP contribution < -0.4 is 9.71 Å². The quantitative estimate of drug-likeness (QED) is 0.613. The van der Waals surface area contributed by atoms with Crippen LogP contribution in [-0.2, 0) is 0 Å². The van der Waals surface area contributed by atoms with Gasteiger partial charge in [-0.1, -0.05) is 24.3 Å². The fourth-order valence-corrected chi connectivity index (χ4v) is 2.32. The summed E-state index contributed by atoms with van der Waals surface area (Å²) in [4.78, 5) is 4.48. The van der Waals surface area contributed by atoms with E-state index in [1.54, 1.807) is 0 Å². The lowest BCUT2D eigenvalue weighted by molar-refractivity contribution is 1.16. The standard InChI is InChI=1S/C13H13BN2/c1-15-10-6-2-4-8-12(10)16(14)13-9-5-3-7-11(13)15/h2-9H,14H2,1H3. The molecule has 3 heteroatoms. The van der Waals surface area contributed by atoms with Crippen LogP contribution >= 0.6 is 0 Å². The highest BCUT2D eigenvalue weighted by molar-refractivity contribution is 6.26. The maximum Gasteiger partial charge on any atom is 0.223 e. The van der Waals surface area contributed by atoms with Crippen molar-refractivity contribution in [2.24, 2.45) is 0 Å². The van der Waals surface area contributed by atoms with Crippen molar-refractivity contribution >= 4 is 30.7 Å². The van der Waals surface area contributed by atoms with Crippen LogP contribution in [0.3, 0.4) is 0 Å². The molecular weight excluding hydrogens is 195 g/mol.